The smallest absolute Gasteiger partial charge is 0.234 e. The molecule has 1 aromatic rings. The van der Waals surface area contributed by atoms with Crippen LogP contribution in [0.3, 0.4) is 0 Å². The fourth-order valence-corrected chi connectivity index (χ4v) is 3.26. The number of nitrogens with one attached hydrogen (secondary N) is 1. The average Bonchev–Trinajstić information content (AvgIpc) is 3.26. The van der Waals surface area contributed by atoms with Crippen LogP contribution in [0.2, 0.25) is 0 Å². The van der Waals surface area contributed by atoms with Crippen molar-refractivity contribution in [2.24, 2.45) is 0 Å². The molecule has 2 fully saturated rings. The Morgan fingerprint density at radius 1 is 1.30 bits per heavy atom. The van der Waals surface area contributed by atoms with Gasteiger partial charge in [-0.25, -0.2) is 0 Å². The lowest BCUT2D eigenvalue weighted by atomic mass is 10.0. The largest absolute Gasteiger partial charge is 0.355 e. The second-order valence-corrected chi connectivity index (χ2v) is 6.12. The third kappa shape index (κ3) is 4.76. The van der Waals surface area contributed by atoms with E-state index in [2.05, 4.69) is 15.3 Å². The second kappa shape index (κ2) is 8.42. The molecule has 1 aromatic heterocycles. The molecule has 1 atom stereocenters. The Kier molecular flexibility index (Phi) is 6.01. The summed E-state index contributed by atoms with van der Waals surface area (Å²) in [6.07, 6.45) is 7.77. The molecule has 2 saturated heterocycles. The van der Waals surface area contributed by atoms with Crippen LogP contribution in [0, 0.1) is 0 Å². The third-order valence-electron chi connectivity index (χ3n) is 4.42. The summed E-state index contributed by atoms with van der Waals surface area (Å²) >= 11 is 0. The Bertz CT molecular complexity index is 474. The monoisotopic (exact) mass is 322 g/mol. The number of likely N-dealkylation sites (tertiary alicyclic amines) is 1. The van der Waals surface area contributed by atoms with Gasteiger partial charge in [-0.1, -0.05) is 6.42 Å². The van der Waals surface area contributed by atoms with Crippen LogP contribution in [0.5, 0.6) is 0 Å². The normalized spacial score (nSPS) is 23.2. The quantitative estimate of drug-likeness (QED) is 0.745. The maximum absolute atomic E-state index is 12.2. The first-order valence-electron chi connectivity index (χ1n) is 8.54. The fourth-order valence-electron chi connectivity index (χ4n) is 3.26. The summed E-state index contributed by atoms with van der Waals surface area (Å²) in [6, 6.07) is 2.11. The standard InChI is InChI=1S/C16H26N4O3/c21-15(17-6-3-9-20-10-4-7-18-20)13-19-8-2-1-5-14(19)16-22-11-12-23-16/h4,7,10,14,16H,1-3,5-6,8-9,11-13H2,(H,17,21). The molecule has 1 N–H and O–H groups in total. The molecule has 0 radical (unpaired) electrons. The predicted octanol–water partition coefficient (Wildman–Crippen LogP) is 0.617. The van der Waals surface area contributed by atoms with E-state index in [1.807, 2.05) is 16.9 Å². The molecule has 2 aliphatic rings. The van der Waals surface area contributed by atoms with Crippen LogP contribution in [0.25, 0.3) is 0 Å². The predicted molar refractivity (Wildman–Crippen MR) is 84.8 cm³/mol. The highest BCUT2D eigenvalue weighted by Gasteiger charge is 2.34. The van der Waals surface area contributed by atoms with Gasteiger partial charge in [0.05, 0.1) is 25.8 Å². The van der Waals surface area contributed by atoms with Gasteiger partial charge >= 0.3 is 0 Å². The van der Waals surface area contributed by atoms with E-state index in [0.29, 0.717) is 26.3 Å². The molecule has 3 rings (SSSR count). The highest BCUT2D eigenvalue weighted by molar-refractivity contribution is 5.78. The number of piperidine rings is 1. The molecular weight excluding hydrogens is 296 g/mol. The maximum Gasteiger partial charge on any atom is 0.234 e. The number of ether oxygens (including phenoxy) is 2. The van der Waals surface area contributed by atoms with Crippen LogP contribution in [-0.4, -0.2) is 65.8 Å². The number of hydrogen-bond acceptors (Lipinski definition) is 5. The number of nitrogens with zero attached hydrogens (tertiary/aromatic N) is 3. The number of hydrogen-bond donors (Lipinski definition) is 1. The molecule has 0 bridgehead atoms. The SMILES string of the molecule is O=C(CN1CCCCC1C1OCCO1)NCCCn1cccn1. The van der Waals surface area contributed by atoms with Crippen LogP contribution < -0.4 is 5.32 Å². The number of aryl methyl sites for hydroxylation is 1. The Morgan fingerprint density at radius 3 is 2.96 bits per heavy atom. The van der Waals surface area contributed by atoms with Gasteiger partial charge in [0, 0.05) is 25.5 Å². The van der Waals surface area contributed by atoms with E-state index < -0.39 is 0 Å². The van der Waals surface area contributed by atoms with Gasteiger partial charge in [-0.3, -0.25) is 14.4 Å². The van der Waals surface area contributed by atoms with Gasteiger partial charge in [0.25, 0.3) is 0 Å². The van der Waals surface area contributed by atoms with Crippen LogP contribution >= 0.6 is 0 Å². The minimum absolute atomic E-state index is 0.0790. The molecular formula is C16H26N4O3. The van der Waals surface area contributed by atoms with Crippen LogP contribution in [0.1, 0.15) is 25.7 Å². The summed E-state index contributed by atoms with van der Waals surface area (Å²) in [5, 5.41) is 7.15. The topological polar surface area (TPSA) is 68.6 Å². The molecule has 0 saturated carbocycles. The molecule has 0 aliphatic carbocycles. The number of rotatable bonds is 7. The molecule has 7 heteroatoms. The third-order valence-corrected chi connectivity index (χ3v) is 4.42. The van der Waals surface area contributed by atoms with Crippen LogP contribution in [0.4, 0.5) is 0 Å². The highest BCUT2D eigenvalue weighted by atomic mass is 16.7. The van der Waals surface area contributed by atoms with Crippen molar-refractivity contribution < 1.29 is 14.3 Å². The van der Waals surface area contributed by atoms with Crippen molar-refractivity contribution in [3.8, 4) is 0 Å². The van der Waals surface area contributed by atoms with Gasteiger partial charge in [0.15, 0.2) is 6.29 Å². The molecule has 3 heterocycles. The average molecular weight is 322 g/mol. The second-order valence-electron chi connectivity index (χ2n) is 6.12. The van der Waals surface area contributed by atoms with Gasteiger partial charge < -0.3 is 14.8 Å². The maximum atomic E-state index is 12.2. The van der Waals surface area contributed by atoms with Crippen molar-refractivity contribution in [1.82, 2.24) is 20.0 Å². The Balaban J connectivity index is 1.38. The zero-order valence-electron chi connectivity index (χ0n) is 13.5. The minimum atomic E-state index is -0.164. The zero-order chi connectivity index (χ0) is 15.9. The number of amides is 1. The van der Waals surface area contributed by atoms with E-state index in [1.165, 1.54) is 6.42 Å². The van der Waals surface area contributed by atoms with E-state index in [-0.39, 0.29) is 18.2 Å². The van der Waals surface area contributed by atoms with Gasteiger partial charge in [-0.05, 0) is 31.9 Å². The summed E-state index contributed by atoms with van der Waals surface area (Å²) in [5.74, 6) is 0.0790. The summed E-state index contributed by atoms with van der Waals surface area (Å²) < 4.78 is 13.2. The molecule has 0 aromatic carbocycles. The summed E-state index contributed by atoms with van der Waals surface area (Å²) in [4.78, 5) is 14.4. The van der Waals surface area contributed by atoms with E-state index in [1.54, 1.807) is 6.20 Å². The highest BCUT2D eigenvalue weighted by Crippen LogP contribution is 2.23. The molecule has 2 aliphatic heterocycles. The first kappa shape index (κ1) is 16.4. The Labute approximate surface area is 136 Å². The lowest BCUT2D eigenvalue weighted by molar-refractivity contribution is -0.131. The molecule has 1 amide bonds. The van der Waals surface area contributed by atoms with E-state index in [4.69, 9.17) is 9.47 Å². The van der Waals surface area contributed by atoms with Crippen molar-refractivity contribution in [3.05, 3.63) is 18.5 Å². The summed E-state index contributed by atoms with van der Waals surface area (Å²) in [7, 11) is 0. The number of carbonyl (C=O) groups is 1. The van der Waals surface area contributed by atoms with Crippen molar-refractivity contribution in [2.75, 3.05) is 32.8 Å². The molecule has 23 heavy (non-hydrogen) atoms. The van der Waals surface area contributed by atoms with Crippen molar-refractivity contribution in [1.29, 1.82) is 0 Å². The van der Waals surface area contributed by atoms with Gasteiger partial charge in [0.2, 0.25) is 5.91 Å². The fraction of sp³-hybridized carbons (Fsp3) is 0.750. The van der Waals surface area contributed by atoms with E-state index >= 15 is 0 Å². The van der Waals surface area contributed by atoms with Crippen molar-refractivity contribution >= 4 is 5.91 Å². The van der Waals surface area contributed by atoms with Gasteiger partial charge in [-0.15, -0.1) is 0 Å². The van der Waals surface area contributed by atoms with E-state index in [9.17, 15) is 4.79 Å². The van der Waals surface area contributed by atoms with Crippen molar-refractivity contribution in [3.63, 3.8) is 0 Å². The molecule has 128 valence electrons. The first-order valence-corrected chi connectivity index (χ1v) is 8.54. The summed E-state index contributed by atoms with van der Waals surface area (Å²) in [5.41, 5.74) is 0. The Hall–Kier alpha value is -1.44. The van der Waals surface area contributed by atoms with Crippen LogP contribution in [0.15, 0.2) is 18.5 Å². The molecule has 1 unspecified atom stereocenters. The van der Waals surface area contributed by atoms with E-state index in [0.717, 1.165) is 32.4 Å². The number of carbonyl (C=O) groups excluding carboxylic acids is 1. The first-order chi connectivity index (χ1) is 11.3. The van der Waals surface area contributed by atoms with Crippen LogP contribution in [-0.2, 0) is 20.8 Å². The Morgan fingerprint density at radius 2 is 2.17 bits per heavy atom. The van der Waals surface area contributed by atoms with Gasteiger partial charge in [-0.2, -0.15) is 5.10 Å². The lowest BCUT2D eigenvalue weighted by Gasteiger charge is -2.37. The minimum Gasteiger partial charge on any atom is -0.355 e. The van der Waals surface area contributed by atoms with Crippen molar-refractivity contribution in [2.45, 2.75) is 44.6 Å². The lowest BCUT2D eigenvalue weighted by Crippen LogP contribution is -2.51. The number of aromatic nitrogens is 2. The summed E-state index contributed by atoms with van der Waals surface area (Å²) in [6.45, 7) is 4.19. The van der Waals surface area contributed by atoms with Gasteiger partial charge in [0.1, 0.15) is 0 Å². The molecule has 7 nitrogen and oxygen atoms in total. The zero-order valence-corrected chi connectivity index (χ0v) is 13.5. The molecule has 0 spiro atoms.